The maximum absolute atomic E-state index is 11.2. The van der Waals surface area contributed by atoms with E-state index >= 15 is 0 Å². The molecule has 0 aliphatic carbocycles. The molecule has 1 fully saturated rings. The van der Waals surface area contributed by atoms with Crippen LogP contribution in [0.2, 0.25) is 0 Å². The lowest BCUT2D eigenvalue weighted by Crippen LogP contribution is -2.27. The van der Waals surface area contributed by atoms with Gasteiger partial charge >= 0.3 is 0 Å². The second-order valence-electron chi connectivity index (χ2n) is 3.25. The first kappa shape index (κ1) is 7.95. The highest BCUT2D eigenvalue weighted by Crippen LogP contribution is 2.25. The lowest BCUT2D eigenvalue weighted by Gasteiger charge is -2.17. The van der Waals surface area contributed by atoms with Gasteiger partial charge < -0.3 is 9.47 Å². The summed E-state index contributed by atoms with van der Waals surface area (Å²) in [5, 5.41) is 0. The molecule has 0 aromatic rings. The fourth-order valence-electron chi connectivity index (χ4n) is 1.72. The largest absolute Gasteiger partial charge is 0.378 e. The second-order valence-corrected chi connectivity index (χ2v) is 3.25. The highest BCUT2D eigenvalue weighted by atomic mass is 16.5. The minimum absolute atomic E-state index is 0.00245. The van der Waals surface area contributed by atoms with Gasteiger partial charge in [0, 0.05) is 20.0 Å². The number of fused-ring (bicyclic) bond motifs is 2. The Morgan fingerprint density at radius 2 is 2.33 bits per heavy atom. The third kappa shape index (κ3) is 1.30. The van der Waals surface area contributed by atoms with E-state index in [0.717, 1.165) is 0 Å². The number of hydrogen-bond donors (Lipinski definition) is 0. The van der Waals surface area contributed by atoms with Crippen LogP contribution in [0.15, 0.2) is 12.2 Å². The van der Waals surface area contributed by atoms with E-state index in [1.165, 1.54) is 0 Å². The molecule has 1 saturated heterocycles. The van der Waals surface area contributed by atoms with Gasteiger partial charge in [-0.1, -0.05) is 12.2 Å². The van der Waals surface area contributed by atoms with Crippen molar-refractivity contribution in [3.05, 3.63) is 12.2 Å². The van der Waals surface area contributed by atoms with E-state index < -0.39 is 0 Å². The van der Waals surface area contributed by atoms with Gasteiger partial charge in [-0.25, -0.2) is 0 Å². The molecular formula is C9H12O3. The van der Waals surface area contributed by atoms with Gasteiger partial charge in [-0.3, -0.25) is 4.79 Å². The summed E-state index contributed by atoms with van der Waals surface area (Å²) in [6.07, 6.45) is 4.85. The van der Waals surface area contributed by atoms with E-state index in [2.05, 4.69) is 0 Å². The normalized spacial score (nSPS) is 40.1. The standard InChI is InChI=1S/C9H12O3/c1-11-9-5-6(10)4-7-2-3-8(9)12-7/h2-3,7-9H,4-5H2,1H3/t7-,8+,9+/m1/s1. The zero-order valence-electron chi connectivity index (χ0n) is 7.03. The molecule has 3 nitrogen and oxygen atoms in total. The molecule has 12 heavy (non-hydrogen) atoms. The summed E-state index contributed by atoms with van der Waals surface area (Å²) in [5.74, 6) is 0.235. The number of Topliss-reactive ketones (excluding diaryl/α,β-unsaturated/α-hetero) is 1. The Morgan fingerprint density at radius 3 is 3.08 bits per heavy atom. The van der Waals surface area contributed by atoms with Crippen molar-refractivity contribution in [3.63, 3.8) is 0 Å². The smallest absolute Gasteiger partial charge is 0.138 e. The molecule has 0 aromatic carbocycles. The van der Waals surface area contributed by atoms with Gasteiger partial charge in [0.1, 0.15) is 11.9 Å². The first-order chi connectivity index (χ1) is 5.79. The first-order valence-electron chi connectivity index (χ1n) is 4.18. The van der Waals surface area contributed by atoms with Gasteiger partial charge in [0.2, 0.25) is 0 Å². The van der Waals surface area contributed by atoms with Crippen molar-refractivity contribution in [2.24, 2.45) is 0 Å². The van der Waals surface area contributed by atoms with Crippen LogP contribution in [-0.4, -0.2) is 31.2 Å². The highest BCUT2D eigenvalue weighted by Gasteiger charge is 2.33. The molecule has 66 valence electrons. The number of ether oxygens (including phenoxy) is 2. The van der Waals surface area contributed by atoms with Crippen molar-refractivity contribution in [2.75, 3.05) is 7.11 Å². The van der Waals surface area contributed by atoms with Gasteiger partial charge in [-0.2, -0.15) is 0 Å². The molecule has 3 heteroatoms. The molecule has 0 aromatic heterocycles. The Bertz CT molecular complexity index is 222. The predicted octanol–water partition coefficient (Wildman–Crippen LogP) is 0.688. The maximum atomic E-state index is 11.2. The van der Waals surface area contributed by atoms with Crippen LogP contribution in [0.3, 0.4) is 0 Å². The van der Waals surface area contributed by atoms with Crippen LogP contribution in [0, 0.1) is 0 Å². The van der Waals surface area contributed by atoms with Crippen LogP contribution in [-0.2, 0) is 14.3 Å². The van der Waals surface area contributed by atoms with Crippen molar-refractivity contribution in [1.82, 2.24) is 0 Å². The molecular weight excluding hydrogens is 156 g/mol. The third-order valence-corrected chi connectivity index (χ3v) is 2.37. The summed E-state index contributed by atoms with van der Waals surface area (Å²) in [6.45, 7) is 0. The molecule has 3 atom stereocenters. The number of carbonyl (C=O) groups is 1. The molecule has 2 rings (SSSR count). The van der Waals surface area contributed by atoms with Crippen molar-refractivity contribution < 1.29 is 14.3 Å². The van der Waals surface area contributed by atoms with E-state index in [1.54, 1.807) is 7.11 Å². The molecule has 0 amide bonds. The summed E-state index contributed by atoms with van der Waals surface area (Å²) >= 11 is 0. The molecule has 2 aliphatic heterocycles. The van der Waals surface area contributed by atoms with Crippen molar-refractivity contribution in [1.29, 1.82) is 0 Å². The van der Waals surface area contributed by atoms with E-state index in [0.29, 0.717) is 12.8 Å². The third-order valence-electron chi connectivity index (χ3n) is 2.37. The van der Waals surface area contributed by atoms with Crippen LogP contribution in [0.1, 0.15) is 12.8 Å². The lowest BCUT2D eigenvalue weighted by molar-refractivity contribution is -0.121. The van der Waals surface area contributed by atoms with Crippen LogP contribution in [0.5, 0.6) is 0 Å². The second kappa shape index (κ2) is 2.99. The topological polar surface area (TPSA) is 35.5 Å². The molecule has 0 spiro atoms. The van der Waals surface area contributed by atoms with E-state index in [1.807, 2.05) is 12.2 Å². The number of ketones is 1. The summed E-state index contributed by atoms with van der Waals surface area (Å²) < 4.78 is 10.7. The molecule has 0 N–H and O–H groups in total. The predicted molar refractivity (Wildman–Crippen MR) is 42.8 cm³/mol. The summed E-state index contributed by atoms with van der Waals surface area (Å²) in [6, 6.07) is 0. The van der Waals surface area contributed by atoms with Gasteiger partial charge in [-0.05, 0) is 0 Å². The van der Waals surface area contributed by atoms with E-state index in [4.69, 9.17) is 9.47 Å². The number of rotatable bonds is 1. The van der Waals surface area contributed by atoms with Crippen LogP contribution < -0.4 is 0 Å². The minimum Gasteiger partial charge on any atom is -0.378 e. The van der Waals surface area contributed by atoms with Gasteiger partial charge in [-0.15, -0.1) is 0 Å². The SMILES string of the molecule is CO[C@H]1CC(=O)C[C@H]2C=C[C@@H]1O2. The average Bonchev–Trinajstić information content (AvgIpc) is 2.40. The Balaban J connectivity index is 2.16. The molecule has 2 heterocycles. The quantitative estimate of drug-likeness (QED) is 0.540. The Morgan fingerprint density at radius 1 is 1.50 bits per heavy atom. The zero-order chi connectivity index (χ0) is 8.55. The van der Waals surface area contributed by atoms with E-state index in [-0.39, 0.29) is 24.1 Å². The summed E-state index contributed by atoms with van der Waals surface area (Å²) in [7, 11) is 1.62. The molecule has 2 bridgehead atoms. The highest BCUT2D eigenvalue weighted by molar-refractivity contribution is 5.80. The first-order valence-corrected chi connectivity index (χ1v) is 4.18. The molecule has 0 unspecified atom stereocenters. The lowest BCUT2D eigenvalue weighted by atomic mass is 10.0. The number of hydrogen-bond acceptors (Lipinski definition) is 3. The fourth-order valence-corrected chi connectivity index (χ4v) is 1.72. The maximum Gasteiger partial charge on any atom is 0.138 e. The van der Waals surface area contributed by atoms with Gasteiger partial charge in [0.15, 0.2) is 0 Å². The molecule has 0 saturated carbocycles. The Kier molecular flexibility index (Phi) is 1.98. The van der Waals surface area contributed by atoms with Gasteiger partial charge in [0.05, 0.1) is 12.2 Å². The van der Waals surface area contributed by atoms with Crippen LogP contribution in [0.4, 0.5) is 0 Å². The Hall–Kier alpha value is -0.670. The van der Waals surface area contributed by atoms with E-state index in [9.17, 15) is 4.79 Å². The summed E-state index contributed by atoms with van der Waals surface area (Å²) in [4.78, 5) is 11.2. The van der Waals surface area contributed by atoms with Crippen molar-refractivity contribution >= 4 is 5.78 Å². The summed E-state index contributed by atoms with van der Waals surface area (Å²) in [5.41, 5.74) is 0. The Labute approximate surface area is 71.3 Å². The number of carbonyl (C=O) groups excluding carboxylic acids is 1. The van der Waals surface area contributed by atoms with Crippen LogP contribution >= 0.6 is 0 Å². The average molecular weight is 168 g/mol. The van der Waals surface area contributed by atoms with Crippen molar-refractivity contribution in [2.45, 2.75) is 31.2 Å². The van der Waals surface area contributed by atoms with Crippen LogP contribution in [0.25, 0.3) is 0 Å². The zero-order valence-corrected chi connectivity index (χ0v) is 7.03. The fraction of sp³-hybridized carbons (Fsp3) is 0.667. The molecule has 0 radical (unpaired) electrons. The number of methoxy groups -OCH3 is 1. The minimum atomic E-state index is -0.0822. The monoisotopic (exact) mass is 168 g/mol. The van der Waals surface area contributed by atoms with Crippen molar-refractivity contribution in [3.8, 4) is 0 Å². The van der Waals surface area contributed by atoms with Gasteiger partial charge in [0.25, 0.3) is 0 Å². The molecule has 2 aliphatic rings.